The van der Waals surface area contributed by atoms with E-state index in [-0.39, 0.29) is 0 Å². The van der Waals surface area contributed by atoms with Crippen LogP contribution in [0.5, 0.6) is 0 Å². The van der Waals surface area contributed by atoms with E-state index in [1.165, 1.54) is 30.8 Å². The molecule has 2 rings (SSSR count). The van der Waals surface area contributed by atoms with Crippen LogP contribution in [0.15, 0.2) is 0 Å². The maximum absolute atomic E-state index is 5.56. The normalized spacial score (nSPS) is 28.1. The van der Waals surface area contributed by atoms with Gasteiger partial charge < -0.3 is 5.73 Å². The Morgan fingerprint density at radius 2 is 2.00 bits per heavy atom. The molecule has 1 fully saturated rings. The molecule has 0 spiro atoms. The van der Waals surface area contributed by atoms with Crippen LogP contribution in [-0.4, -0.2) is 28.2 Å². The molecule has 0 saturated carbocycles. The molecule has 4 nitrogen and oxygen atoms in total. The molecule has 2 heterocycles. The van der Waals surface area contributed by atoms with Crippen molar-refractivity contribution in [1.29, 1.82) is 0 Å². The molecule has 1 aromatic rings. The number of hydrogen-bond donors (Lipinski definition) is 1. The first-order valence-electron chi connectivity index (χ1n) is 5.43. The highest BCUT2D eigenvalue weighted by molar-refractivity contribution is 7.15. The van der Waals surface area contributed by atoms with Crippen LogP contribution in [-0.2, 0) is 6.54 Å². The highest BCUT2D eigenvalue weighted by Crippen LogP contribution is 2.23. The molecule has 2 atom stereocenters. The molecule has 0 bridgehead atoms. The number of anilines is 1. The Hall–Kier alpha value is -0.680. The number of nitrogens with zero attached hydrogens (tertiary/aromatic N) is 3. The molecule has 2 unspecified atom stereocenters. The van der Waals surface area contributed by atoms with E-state index in [9.17, 15) is 0 Å². The van der Waals surface area contributed by atoms with Gasteiger partial charge in [0, 0.05) is 13.1 Å². The van der Waals surface area contributed by atoms with E-state index >= 15 is 0 Å². The molecule has 2 N–H and O–H groups in total. The summed E-state index contributed by atoms with van der Waals surface area (Å²) in [6.07, 6.45) is 1.34. The van der Waals surface area contributed by atoms with Gasteiger partial charge in [-0.05, 0) is 18.3 Å². The van der Waals surface area contributed by atoms with E-state index in [2.05, 4.69) is 28.9 Å². The number of nitrogen functional groups attached to an aromatic ring is 1. The number of hydrogen-bond acceptors (Lipinski definition) is 5. The third kappa shape index (κ3) is 2.89. The summed E-state index contributed by atoms with van der Waals surface area (Å²) in [7, 11) is 0. The minimum Gasteiger partial charge on any atom is -0.374 e. The Morgan fingerprint density at radius 1 is 1.33 bits per heavy atom. The molecule has 1 aliphatic rings. The second-order valence-corrected chi connectivity index (χ2v) is 5.77. The summed E-state index contributed by atoms with van der Waals surface area (Å²) in [6.45, 7) is 7.88. The molecule has 1 saturated heterocycles. The SMILES string of the molecule is CC1CC(C)CN(Cc2nnc(N)s2)C1. The van der Waals surface area contributed by atoms with Gasteiger partial charge in [0.05, 0.1) is 6.54 Å². The van der Waals surface area contributed by atoms with Gasteiger partial charge in [-0.25, -0.2) is 0 Å². The summed E-state index contributed by atoms with van der Waals surface area (Å²) in [6, 6.07) is 0. The summed E-state index contributed by atoms with van der Waals surface area (Å²) in [4.78, 5) is 2.46. The van der Waals surface area contributed by atoms with E-state index in [1.54, 1.807) is 0 Å². The summed E-state index contributed by atoms with van der Waals surface area (Å²) in [5.41, 5.74) is 5.56. The molecule has 0 aromatic carbocycles. The Balaban J connectivity index is 1.94. The Morgan fingerprint density at radius 3 is 2.53 bits per heavy atom. The third-order valence-electron chi connectivity index (χ3n) is 2.79. The van der Waals surface area contributed by atoms with Crippen LogP contribution >= 0.6 is 11.3 Å². The van der Waals surface area contributed by atoms with Gasteiger partial charge in [-0.1, -0.05) is 25.2 Å². The van der Waals surface area contributed by atoms with Gasteiger partial charge in [0.1, 0.15) is 5.01 Å². The second-order valence-electron chi connectivity index (χ2n) is 4.67. The van der Waals surface area contributed by atoms with Crippen molar-refractivity contribution < 1.29 is 0 Å². The van der Waals surface area contributed by atoms with Gasteiger partial charge in [-0.3, -0.25) is 4.90 Å². The molecule has 5 heteroatoms. The van der Waals surface area contributed by atoms with E-state index in [4.69, 9.17) is 5.73 Å². The van der Waals surface area contributed by atoms with Crippen molar-refractivity contribution in [2.75, 3.05) is 18.8 Å². The van der Waals surface area contributed by atoms with Crippen LogP contribution in [0.25, 0.3) is 0 Å². The summed E-state index contributed by atoms with van der Waals surface area (Å²) in [5, 5.41) is 9.51. The van der Waals surface area contributed by atoms with Crippen molar-refractivity contribution >= 4 is 16.5 Å². The van der Waals surface area contributed by atoms with Crippen molar-refractivity contribution in [3.05, 3.63) is 5.01 Å². The maximum atomic E-state index is 5.56. The minimum atomic E-state index is 0.572. The molecule has 15 heavy (non-hydrogen) atoms. The lowest BCUT2D eigenvalue weighted by Crippen LogP contribution is -2.38. The largest absolute Gasteiger partial charge is 0.374 e. The lowest BCUT2D eigenvalue weighted by Gasteiger charge is -2.34. The van der Waals surface area contributed by atoms with Crippen LogP contribution in [0.1, 0.15) is 25.3 Å². The molecule has 0 aliphatic carbocycles. The van der Waals surface area contributed by atoms with Gasteiger partial charge in [0.15, 0.2) is 0 Å². The molecule has 0 radical (unpaired) electrons. The van der Waals surface area contributed by atoms with Crippen molar-refractivity contribution in [2.24, 2.45) is 11.8 Å². The average Bonchev–Trinajstić information content (AvgIpc) is 2.49. The Kier molecular flexibility index (Phi) is 3.21. The summed E-state index contributed by atoms with van der Waals surface area (Å²) in [5.74, 6) is 1.58. The van der Waals surface area contributed by atoms with Gasteiger partial charge in [-0.2, -0.15) is 0 Å². The molecule has 84 valence electrons. The average molecular weight is 226 g/mol. The lowest BCUT2D eigenvalue weighted by molar-refractivity contribution is 0.134. The fourth-order valence-corrected chi connectivity index (χ4v) is 3.09. The van der Waals surface area contributed by atoms with Crippen LogP contribution in [0, 0.1) is 11.8 Å². The van der Waals surface area contributed by atoms with E-state index in [0.29, 0.717) is 5.13 Å². The van der Waals surface area contributed by atoms with Crippen molar-refractivity contribution in [2.45, 2.75) is 26.8 Å². The van der Waals surface area contributed by atoms with Gasteiger partial charge in [-0.15, -0.1) is 10.2 Å². The smallest absolute Gasteiger partial charge is 0.203 e. The molecular weight excluding hydrogens is 208 g/mol. The zero-order valence-electron chi connectivity index (χ0n) is 9.31. The number of rotatable bonds is 2. The second kappa shape index (κ2) is 4.45. The van der Waals surface area contributed by atoms with Gasteiger partial charge in [0.2, 0.25) is 5.13 Å². The number of piperidine rings is 1. The van der Waals surface area contributed by atoms with E-state index in [0.717, 1.165) is 23.4 Å². The predicted molar refractivity (Wildman–Crippen MR) is 62.5 cm³/mol. The Bertz CT molecular complexity index is 315. The standard InChI is InChI=1S/C10H18N4S/c1-7-3-8(2)5-14(4-7)6-9-12-13-10(11)15-9/h7-8H,3-6H2,1-2H3,(H2,11,13). The molecule has 1 aliphatic heterocycles. The monoisotopic (exact) mass is 226 g/mol. The topological polar surface area (TPSA) is 55.0 Å². The molecule has 1 aromatic heterocycles. The van der Waals surface area contributed by atoms with Crippen LogP contribution in [0.4, 0.5) is 5.13 Å². The number of aromatic nitrogens is 2. The first-order valence-corrected chi connectivity index (χ1v) is 6.25. The highest BCUT2D eigenvalue weighted by Gasteiger charge is 2.22. The van der Waals surface area contributed by atoms with Gasteiger partial charge >= 0.3 is 0 Å². The van der Waals surface area contributed by atoms with Crippen LogP contribution < -0.4 is 5.73 Å². The summed E-state index contributed by atoms with van der Waals surface area (Å²) >= 11 is 1.50. The molecular formula is C10H18N4S. The first kappa shape index (κ1) is 10.8. The van der Waals surface area contributed by atoms with Crippen molar-refractivity contribution in [3.63, 3.8) is 0 Å². The van der Waals surface area contributed by atoms with Crippen LogP contribution in [0.2, 0.25) is 0 Å². The number of likely N-dealkylation sites (tertiary alicyclic amines) is 1. The predicted octanol–water partition coefficient (Wildman–Crippen LogP) is 1.60. The minimum absolute atomic E-state index is 0.572. The fourth-order valence-electron chi connectivity index (χ4n) is 2.44. The maximum Gasteiger partial charge on any atom is 0.203 e. The van der Waals surface area contributed by atoms with Gasteiger partial charge in [0.25, 0.3) is 0 Å². The summed E-state index contributed by atoms with van der Waals surface area (Å²) < 4.78 is 0. The fraction of sp³-hybridized carbons (Fsp3) is 0.800. The highest BCUT2D eigenvalue weighted by atomic mass is 32.1. The third-order valence-corrected chi connectivity index (χ3v) is 3.52. The zero-order chi connectivity index (χ0) is 10.8. The lowest BCUT2D eigenvalue weighted by atomic mass is 9.92. The van der Waals surface area contributed by atoms with Crippen molar-refractivity contribution in [1.82, 2.24) is 15.1 Å². The first-order chi connectivity index (χ1) is 7.13. The van der Waals surface area contributed by atoms with E-state index < -0.39 is 0 Å². The molecule has 0 amide bonds. The number of nitrogens with two attached hydrogens (primary N) is 1. The van der Waals surface area contributed by atoms with Crippen LogP contribution in [0.3, 0.4) is 0 Å². The Labute approximate surface area is 94.5 Å². The van der Waals surface area contributed by atoms with Crippen molar-refractivity contribution in [3.8, 4) is 0 Å². The van der Waals surface area contributed by atoms with E-state index in [1.807, 2.05) is 0 Å². The zero-order valence-corrected chi connectivity index (χ0v) is 10.1. The quantitative estimate of drug-likeness (QED) is 0.832.